The van der Waals surface area contributed by atoms with Crippen LogP contribution >= 0.6 is 0 Å². The third-order valence-corrected chi connectivity index (χ3v) is 3.27. The third-order valence-electron chi connectivity index (χ3n) is 3.27. The Bertz CT molecular complexity index is 267. The number of hydrogen-bond acceptors (Lipinski definition) is 2. The van der Waals surface area contributed by atoms with Crippen LogP contribution in [0.15, 0.2) is 11.6 Å². The number of cyclic esters (lactones) is 1. The van der Waals surface area contributed by atoms with Crippen LogP contribution in [0.25, 0.3) is 0 Å². The van der Waals surface area contributed by atoms with Gasteiger partial charge in [-0.1, -0.05) is 18.6 Å². The summed E-state index contributed by atoms with van der Waals surface area (Å²) in [7, 11) is 0. The minimum absolute atomic E-state index is 0.00476. The van der Waals surface area contributed by atoms with Crippen LogP contribution in [-0.4, -0.2) is 12.1 Å². The topological polar surface area (TPSA) is 26.3 Å². The molecule has 14 heavy (non-hydrogen) atoms. The Morgan fingerprint density at radius 3 is 2.86 bits per heavy atom. The van der Waals surface area contributed by atoms with E-state index in [1.54, 1.807) is 0 Å². The molecule has 0 spiro atoms. The molecule has 0 aromatic carbocycles. The summed E-state index contributed by atoms with van der Waals surface area (Å²) in [5.41, 5.74) is 1.46. The van der Waals surface area contributed by atoms with Gasteiger partial charge in [0.2, 0.25) is 0 Å². The number of allylic oxidation sites excluding steroid dienone is 2. The van der Waals surface area contributed by atoms with Gasteiger partial charge in [-0.15, -0.1) is 0 Å². The van der Waals surface area contributed by atoms with Gasteiger partial charge in [0.15, 0.2) is 0 Å². The van der Waals surface area contributed by atoms with E-state index in [0.717, 1.165) is 12.8 Å². The van der Waals surface area contributed by atoms with Gasteiger partial charge in [0.05, 0.1) is 0 Å². The SMILES string of the molecule is CC1=CC(C)CC(C2CCC(=O)O2)C1. The second kappa shape index (κ2) is 3.76. The van der Waals surface area contributed by atoms with E-state index in [1.165, 1.54) is 12.0 Å². The maximum absolute atomic E-state index is 11.0. The van der Waals surface area contributed by atoms with Crippen molar-refractivity contribution in [2.75, 3.05) is 0 Å². The van der Waals surface area contributed by atoms with Crippen LogP contribution in [-0.2, 0) is 9.53 Å². The summed E-state index contributed by atoms with van der Waals surface area (Å²) in [5.74, 6) is 1.21. The molecule has 1 aliphatic carbocycles. The lowest BCUT2D eigenvalue weighted by molar-refractivity contribution is -0.143. The molecule has 0 N–H and O–H groups in total. The molecule has 3 atom stereocenters. The molecule has 1 fully saturated rings. The largest absolute Gasteiger partial charge is 0.462 e. The van der Waals surface area contributed by atoms with Crippen molar-refractivity contribution < 1.29 is 9.53 Å². The van der Waals surface area contributed by atoms with Gasteiger partial charge < -0.3 is 4.74 Å². The molecular weight excluding hydrogens is 176 g/mol. The molecule has 1 aliphatic heterocycles. The van der Waals surface area contributed by atoms with Gasteiger partial charge in [0.25, 0.3) is 0 Å². The summed E-state index contributed by atoms with van der Waals surface area (Å²) < 4.78 is 5.33. The van der Waals surface area contributed by atoms with Crippen molar-refractivity contribution in [3.63, 3.8) is 0 Å². The number of esters is 1. The summed E-state index contributed by atoms with van der Waals surface area (Å²) in [6, 6.07) is 0. The maximum atomic E-state index is 11.0. The zero-order valence-electron chi connectivity index (χ0n) is 8.95. The van der Waals surface area contributed by atoms with Crippen LogP contribution in [0.5, 0.6) is 0 Å². The monoisotopic (exact) mass is 194 g/mol. The molecule has 3 unspecified atom stereocenters. The van der Waals surface area contributed by atoms with Crippen LogP contribution < -0.4 is 0 Å². The molecular formula is C12H18O2. The highest BCUT2D eigenvalue weighted by atomic mass is 16.5. The van der Waals surface area contributed by atoms with Gasteiger partial charge in [-0.05, 0) is 32.1 Å². The van der Waals surface area contributed by atoms with Crippen molar-refractivity contribution in [3.8, 4) is 0 Å². The van der Waals surface area contributed by atoms with Gasteiger partial charge in [-0.2, -0.15) is 0 Å². The zero-order chi connectivity index (χ0) is 10.1. The predicted octanol–water partition coefficient (Wildman–Crippen LogP) is 2.68. The fourth-order valence-corrected chi connectivity index (χ4v) is 2.76. The van der Waals surface area contributed by atoms with Crippen LogP contribution in [0, 0.1) is 11.8 Å². The van der Waals surface area contributed by atoms with E-state index in [2.05, 4.69) is 19.9 Å². The Labute approximate surface area is 85.3 Å². The van der Waals surface area contributed by atoms with E-state index < -0.39 is 0 Å². The minimum atomic E-state index is -0.00476. The molecule has 78 valence electrons. The van der Waals surface area contributed by atoms with Crippen molar-refractivity contribution in [1.82, 2.24) is 0 Å². The van der Waals surface area contributed by atoms with Crippen LogP contribution in [0.3, 0.4) is 0 Å². The highest BCUT2D eigenvalue weighted by molar-refractivity contribution is 5.71. The predicted molar refractivity (Wildman–Crippen MR) is 54.8 cm³/mol. The van der Waals surface area contributed by atoms with E-state index in [1.807, 2.05) is 0 Å². The Kier molecular flexibility index (Phi) is 2.62. The van der Waals surface area contributed by atoms with Gasteiger partial charge in [0, 0.05) is 12.3 Å². The van der Waals surface area contributed by atoms with Crippen LogP contribution in [0.1, 0.15) is 39.5 Å². The van der Waals surface area contributed by atoms with E-state index in [9.17, 15) is 4.79 Å². The quantitative estimate of drug-likeness (QED) is 0.474. The van der Waals surface area contributed by atoms with Gasteiger partial charge >= 0.3 is 5.97 Å². The maximum Gasteiger partial charge on any atom is 0.306 e. The van der Waals surface area contributed by atoms with Crippen LogP contribution in [0.2, 0.25) is 0 Å². The zero-order valence-corrected chi connectivity index (χ0v) is 8.95. The molecule has 0 radical (unpaired) electrons. The molecule has 2 heteroatoms. The average Bonchev–Trinajstić information content (AvgIpc) is 2.50. The Morgan fingerprint density at radius 1 is 1.50 bits per heavy atom. The first kappa shape index (κ1) is 9.75. The lowest BCUT2D eigenvalue weighted by Gasteiger charge is -2.29. The number of rotatable bonds is 1. The molecule has 2 rings (SSSR count). The molecule has 1 heterocycles. The lowest BCUT2D eigenvalue weighted by atomic mass is 9.80. The number of hydrogen-bond donors (Lipinski definition) is 0. The summed E-state index contributed by atoms with van der Waals surface area (Å²) in [6.45, 7) is 4.42. The first-order chi connectivity index (χ1) is 6.65. The van der Waals surface area contributed by atoms with Gasteiger partial charge in [0.1, 0.15) is 6.10 Å². The van der Waals surface area contributed by atoms with Crippen molar-refractivity contribution >= 4 is 5.97 Å². The molecule has 0 bridgehead atoms. The fraction of sp³-hybridized carbons (Fsp3) is 0.750. The molecule has 0 saturated carbocycles. The highest BCUT2D eigenvalue weighted by Gasteiger charge is 2.33. The molecule has 2 nitrogen and oxygen atoms in total. The van der Waals surface area contributed by atoms with Crippen molar-refractivity contribution in [1.29, 1.82) is 0 Å². The Morgan fingerprint density at radius 2 is 2.29 bits per heavy atom. The first-order valence-corrected chi connectivity index (χ1v) is 5.52. The van der Waals surface area contributed by atoms with Gasteiger partial charge in [-0.25, -0.2) is 0 Å². The summed E-state index contributed by atoms with van der Waals surface area (Å²) >= 11 is 0. The number of carbonyl (C=O) groups is 1. The fourth-order valence-electron chi connectivity index (χ4n) is 2.76. The second-order valence-electron chi connectivity index (χ2n) is 4.76. The van der Waals surface area contributed by atoms with Crippen molar-refractivity contribution in [2.45, 2.75) is 45.6 Å². The molecule has 1 saturated heterocycles. The summed E-state index contributed by atoms with van der Waals surface area (Å²) in [5, 5.41) is 0. The van der Waals surface area contributed by atoms with E-state index in [-0.39, 0.29) is 12.1 Å². The van der Waals surface area contributed by atoms with E-state index in [4.69, 9.17) is 4.74 Å². The Balaban J connectivity index is 1.99. The summed E-state index contributed by atoms with van der Waals surface area (Å²) in [4.78, 5) is 11.0. The van der Waals surface area contributed by atoms with Crippen LogP contribution in [0.4, 0.5) is 0 Å². The lowest BCUT2D eigenvalue weighted by Crippen LogP contribution is -2.25. The number of carbonyl (C=O) groups excluding carboxylic acids is 1. The number of ether oxygens (including phenoxy) is 1. The average molecular weight is 194 g/mol. The third kappa shape index (κ3) is 1.99. The Hall–Kier alpha value is -0.790. The standard InChI is InChI=1S/C12H18O2/c1-8-5-9(2)7-10(6-8)11-3-4-12(13)14-11/h5,8,10-11H,3-4,6-7H2,1-2H3. The van der Waals surface area contributed by atoms with Crippen molar-refractivity contribution in [2.24, 2.45) is 11.8 Å². The molecule has 0 aromatic heterocycles. The molecule has 0 amide bonds. The van der Waals surface area contributed by atoms with Gasteiger partial charge in [-0.3, -0.25) is 4.79 Å². The minimum Gasteiger partial charge on any atom is -0.462 e. The highest BCUT2D eigenvalue weighted by Crippen LogP contribution is 2.35. The van der Waals surface area contributed by atoms with E-state index in [0.29, 0.717) is 18.3 Å². The molecule has 0 aromatic rings. The molecule has 2 aliphatic rings. The first-order valence-electron chi connectivity index (χ1n) is 5.52. The summed E-state index contributed by atoms with van der Waals surface area (Å²) in [6.07, 6.45) is 6.39. The van der Waals surface area contributed by atoms with Crippen molar-refractivity contribution in [3.05, 3.63) is 11.6 Å². The smallest absolute Gasteiger partial charge is 0.306 e. The van der Waals surface area contributed by atoms with E-state index >= 15 is 0 Å². The normalized spacial score (nSPS) is 38.0. The second-order valence-corrected chi connectivity index (χ2v) is 4.76.